The Morgan fingerprint density at radius 1 is 0.622 bits per heavy atom. The molecule has 200 valence electrons. The van der Waals surface area contributed by atoms with Crippen molar-refractivity contribution < 1.29 is 9.59 Å². The molecule has 0 spiro atoms. The zero-order valence-corrected chi connectivity index (χ0v) is 22.5. The average molecular weight is 505 g/mol. The molecule has 2 aliphatic carbocycles. The van der Waals surface area contributed by atoms with Crippen molar-refractivity contribution in [3.63, 3.8) is 0 Å². The molecule has 0 saturated heterocycles. The lowest BCUT2D eigenvalue weighted by atomic mass is 9.85. The number of amides is 2. The second-order valence-corrected chi connectivity index (χ2v) is 11.3. The van der Waals surface area contributed by atoms with Crippen LogP contribution in [0.5, 0.6) is 0 Å². The highest BCUT2D eigenvalue weighted by Crippen LogP contribution is 2.24. The van der Waals surface area contributed by atoms with Crippen molar-refractivity contribution in [2.24, 2.45) is 5.41 Å². The van der Waals surface area contributed by atoms with E-state index in [1.165, 1.54) is 11.1 Å². The summed E-state index contributed by atoms with van der Waals surface area (Å²) in [5.74, 6) is -0.374. The molecule has 2 amide bonds. The molecule has 2 saturated carbocycles. The van der Waals surface area contributed by atoms with Crippen molar-refractivity contribution >= 4 is 11.8 Å². The van der Waals surface area contributed by atoms with Crippen LogP contribution >= 0.6 is 0 Å². The monoisotopic (exact) mass is 504 g/mol. The van der Waals surface area contributed by atoms with Crippen LogP contribution in [0.3, 0.4) is 0 Å². The molecule has 4 N–H and O–H groups in total. The summed E-state index contributed by atoms with van der Waals surface area (Å²) in [7, 11) is 0. The third-order valence-corrected chi connectivity index (χ3v) is 8.12. The minimum absolute atomic E-state index is 0.0343. The quantitative estimate of drug-likeness (QED) is 0.361. The highest BCUT2D eigenvalue weighted by Gasteiger charge is 2.40. The molecule has 0 bridgehead atoms. The van der Waals surface area contributed by atoms with E-state index in [0.717, 1.165) is 64.5 Å². The van der Waals surface area contributed by atoms with E-state index >= 15 is 0 Å². The third-order valence-electron chi connectivity index (χ3n) is 8.12. The number of rotatable bonds is 10. The molecule has 4 rings (SSSR count). The van der Waals surface area contributed by atoms with Gasteiger partial charge >= 0.3 is 0 Å². The van der Waals surface area contributed by atoms with Crippen molar-refractivity contribution in [2.45, 2.75) is 102 Å². The Bertz CT molecular complexity index is 915. The first-order chi connectivity index (χ1) is 17.9. The van der Waals surface area contributed by atoms with E-state index in [1.54, 1.807) is 13.8 Å². The van der Waals surface area contributed by atoms with Gasteiger partial charge in [-0.1, -0.05) is 86.3 Å². The van der Waals surface area contributed by atoms with Crippen LogP contribution in [0.1, 0.15) is 76.3 Å². The first kappa shape index (κ1) is 27.3. The average Bonchev–Trinajstić information content (AvgIpc) is 2.93. The molecule has 2 aromatic carbocycles. The molecule has 6 nitrogen and oxygen atoms in total. The largest absolute Gasteiger partial charge is 0.351 e. The molecule has 4 atom stereocenters. The number of hydrogen-bond acceptors (Lipinski definition) is 4. The van der Waals surface area contributed by atoms with E-state index in [1.807, 2.05) is 36.4 Å². The van der Waals surface area contributed by atoms with E-state index in [0.29, 0.717) is 0 Å². The van der Waals surface area contributed by atoms with Crippen LogP contribution in [0, 0.1) is 5.41 Å². The summed E-state index contributed by atoms with van der Waals surface area (Å²) in [5.41, 5.74) is 1.34. The van der Waals surface area contributed by atoms with Crippen molar-refractivity contribution in [1.29, 1.82) is 0 Å². The van der Waals surface area contributed by atoms with Gasteiger partial charge in [0.2, 0.25) is 11.8 Å². The van der Waals surface area contributed by atoms with Gasteiger partial charge in [-0.05, 0) is 50.7 Å². The Labute approximate surface area is 222 Å². The molecule has 2 fully saturated rings. The van der Waals surface area contributed by atoms with Crippen molar-refractivity contribution in [3.05, 3.63) is 71.8 Å². The van der Waals surface area contributed by atoms with Crippen molar-refractivity contribution in [1.82, 2.24) is 21.3 Å². The normalized spacial score (nSPS) is 24.3. The zero-order valence-electron chi connectivity index (χ0n) is 22.5. The van der Waals surface area contributed by atoms with Crippen LogP contribution in [0.4, 0.5) is 0 Å². The van der Waals surface area contributed by atoms with E-state index in [4.69, 9.17) is 0 Å². The maximum absolute atomic E-state index is 13.4. The number of nitrogens with one attached hydrogen (secondary N) is 4. The topological polar surface area (TPSA) is 82.3 Å². The second kappa shape index (κ2) is 13.2. The van der Waals surface area contributed by atoms with E-state index < -0.39 is 5.41 Å². The molecule has 0 heterocycles. The predicted octanol–water partition coefficient (Wildman–Crippen LogP) is 4.45. The summed E-state index contributed by atoms with van der Waals surface area (Å²) in [6.45, 7) is 5.06. The van der Waals surface area contributed by atoms with E-state index in [9.17, 15) is 9.59 Å². The van der Waals surface area contributed by atoms with Crippen LogP contribution in [0.15, 0.2) is 60.7 Å². The minimum Gasteiger partial charge on any atom is -0.351 e. The van der Waals surface area contributed by atoms with Gasteiger partial charge in [-0.3, -0.25) is 9.59 Å². The van der Waals surface area contributed by atoms with Gasteiger partial charge < -0.3 is 21.3 Å². The van der Waals surface area contributed by atoms with Gasteiger partial charge in [0.1, 0.15) is 5.41 Å². The van der Waals surface area contributed by atoms with Gasteiger partial charge in [-0.2, -0.15) is 0 Å². The third kappa shape index (κ3) is 7.65. The molecular weight excluding hydrogens is 460 g/mol. The number of hydrogen-bond donors (Lipinski definition) is 4. The van der Waals surface area contributed by atoms with Crippen LogP contribution in [-0.2, 0) is 22.7 Å². The fourth-order valence-corrected chi connectivity index (χ4v) is 5.59. The highest BCUT2D eigenvalue weighted by atomic mass is 16.2. The number of carbonyl (C=O) groups is 2. The molecular formula is C31H44N4O2. The second-order valence-electron chi connectivity index (χ2n) is 11.3. The summed E-state index contributed by atoms with van der Waals surface area (Å²) in [5, 5.41) is 13.8. The fraction of sp³-hybridized carbons (Fsp3) is 0.548. The molecule has 0 unspecified atom stereocenters. The van der Waals surface area contributed by atoms with Crippen LogP contribution in [0.25, 0.3) is 0 Å². The SMILES string of the molecule is CC(C)(C(=O)N[C@@H]1CCCC[C@H]1NCc1ccccc1)C(=O)N[C@@H]1CCCC[C@H]1NCc1ccccc1. The zero-order chi connectivity index (χ0) is 26.1. The van der Waals surface area contributed by atoms with Crippen LogP contribution in [-0.4, -0.2) is 36.0 Å². The van der Waals surface area contributed by atoms with Gasteiger partial charge in [-0.25, -0.2) is 0 Å². The molecule has 0 aliphatic heterocycles. The Morgan fingerprint density at radius 2 is 0.973 bits per heavy atom. The minimum atomic E-state index is -1.14. The molecule has 6 heteroatoms. The molecule has 0 aromatic heterocycles. The van der Waals surface area contributed by atoms with Gasteiger partial charge in [0.05, 0.1) is 0 Å². The molecule has 2 aliphatic rings. The highest BCUT2D eigenvalue weighted by molar-refractivity contribution is 6.04. The van der Waals surface area contributed by atoms with Crippen molar-refractivity contribution in [3.8, 4) is 0 Å². The summed E-state index contributed by atoms with van der Waals surface area (Å²) < 4.78 is 0. The first-order valence-electron chi connectivity index (χ1n) is 14.1. The first-order valence-corrected chi connectivity index (χ1v) is 14.1. The Balaban J connectivity index is 1.32. The van der Waals surface area contributed by atoms with Gasteiger partial charge in [0.25, 0.3) is 0 Å². The van der Waals surface area contributed by atoms with E-state index in [-0.39, 0.29) is 36.0 Å². The van der Waals surface area contributed by atoms with Gasteiger partial charge in [0, 0.05) is 37.3 Å². The summed E-state index contributed by atoms with van der Waals surface area (Å²) >= 11 is 0. The number of benzene rings is 2. The predicted molar refractivity (Wildman–Crippen MR) is 149 cm³/mol. The summed E-state index contributed by atoms with van der Waals surface area (Å²) in [4.78, 5) is 26.8. The molecule has 37 heavy (non-hydrogen) atoms. The molecule has 0 radical (unpaired) electrons. The Hall–Kier alpha value is -2.70. The van der Waals surface area contributed by atoms with Crippen LogP contribution < -0.4 is 21.3 Å². The van der Waals surface area contributed by atoms with Gasteiger partial charge in [-0.15, -0.1) is 0 Å². The maximum Gasteiger partial charge on any atom is 0.235 e. The van der Waals surface area contributed by atoms with Crippen molar-refractivity contribution in [2.75, 3.05) is 0 Å². The van der Waals surface area contributed by atoms with Crippen LogP contribution in [0.2, 0.25) is 0 Å². The lowest BCUT2D eigenvalue weighted by Gasteiger charge is -2.37. The lowest BCUT2D eigenvalue weighted by molar-refractivity contribution is -0.142. The van der Waals surface area contributed by atoms with Gasteiger partial charge in [0.15, 0.2) is 0 Å². The Morgan fingerprint density at radius 3 is 1.35 bits per heavy atom. The summed E-state index contributed by atoms with van der Waals surface area (Å²) in [6, 6.07) is 21.2. The smallest absolute Gasteiger partial charge is 0.235 e. The Kier molecular flexibility index (Phi) is 9.75. The maximum atomic E-state index is 13.4. The summed E-state index contributed by atoms with van der Waals surface area (Å²) in [6.07, 6.45) is 8.43. The fourth-order valence-electron chi connectivity index (χ4n) is 5.59. The standard InChI is InChI=1S/C31H44N4O2/c1-31(2,29(36)34-27-19-11-9-17-25(27)32-21-23-13-5-3-6-14-23)30(37)35-28-20-12-10-18-26(28)33-22-24-15-7-4-8-16-24/h3-8,13-16,25-28,32-33H,9-12,17-22H2,1-2H3,(H,34,36)(H,35,37)/t25-,26-,27-,28-/m1/s1. The lowest BCUT2D eigenvalue weighted by Crippen LogP contribution is -2.59. The molecule has 2 aromatic rings. The number of carbonyl (C=O) groups excluding carboxylic acids is 2. The van der Waals surface area contributed by atoms with E-state index in [2.05, 4.69) is 45.5 Å².